The monoisotopic (exact) mass is 297 g/mol. The Morgan fingerprint density at radius 1 is 1.27 bits per heavy atom. The lowest BCUT2D eigenvalue weighted by Crippen LogP contribution is -2.41. The molecule has 1 saturated carbocycles. The smallest absolute Gasteiger partial charge is 0.251 e. The lowest BCUT2D eigenvalue weighted by Gasteiger charge is -2.29. The summed E-state index contributed by atoms with van der Waals surface area (Å²) in [5.74, 6) is 0.626. The third-order valence-electron chi connectivity index (χ3n) is 4.55. The molecule has 1 heterocycles. The molecule has 0 bridgehead atoms. The maximum Gasteiger partial charge on any atom is 0.251 e. The summed E-state index contributed by atoms with van der Waals surface area (Å²) in [6, 6.07) is 10.0. The topological polar surface area (TPSA) is 46.9 Å². The highest BCUT2D eigenvalue weighted by molar-refractivity contribution is 5.94. The summed E-state index contributed by atoms with van der Waals surface area (Å²) in [6.07, 6.45) is 8.53. The number of hydrogen-bond acceptors (Lipinski definition) is 2. The lowest BCUT2D eigenvalue weighted by molar-refractivity contribution is 0.0910. The van der Waals surface area contributed by atoms with Gasteiger partial charge in [-0.15, -0.1) is 0 Å². The van der Waals surface area contributed by atoms with Crippen LogP contribution < -0.4 is 5.32 Å². The quantitative estimate of drug-likeness (QED) is 0.941. The van der Waals surface area contributed by atoms with Crippen molar-refractivity contribution in [3.63, 3.8) is 0 Å². The zero-order valence-corrected chi connectivity index (χ0v) is 13.0. The van der Waals surface area contributed by atoms with E-state index in [0.717, 1.165) is 24.1 Å². The third kappa shape index (κ3) is 3.56. The van der Waals surface area contributed by atoms with E-state index in [2.05, 4.69) is 17.3 Å². The number of rotatable bonds is 4. The maximum absolute atomic E-state index is 12.4. The molecule has 4 nitrogen and oxygen atoms in total. The number of benzene rings is 1. The zero-order chi connectivity index (χ0) is 15.4. The van der Waals surface area contributed by atoms with Gasteiger partial charge in [-0.1, -0.05) is 31.9 Å². The van der Waals surface area contributed by atoms with Crippen LogP contribution in [0.3, 0.4) is 0 Å². The van der Waals surface area contributed by atoms with Crippen LogP contribution in [-0.4, -0.2) is 21.7 Å². The van der Waals surface area contributed by atoms with Gasteiger partial charge in [-0.25, -0.2) is 0 Å². The van der Waals surface area contributed by atoms with Crippen LogP contribution in [0.25, 0.3) is 0 Å². The minimum Gasteiger partial charge on any atom is -0.349 e. The number of amides is 1. The summed E-state index contributed by atoms with van der Waals surface area (Å²) in [6.45, 7) is 2.96. The highest BCUT2D eigenvalue weighted by atomic mass is 16.1. The summed E-state index contributed by atoms with van der Waals surface area (Å²) in [5, 5.41) is 7.39. The first kappa shape index (κ1) is 14.8. The Bertz CT molecular complexity index is 604. The Balaban J connectivity index is 1.60. The molecular weight excluding hydrogens is 274 g/mol. The number of carbonyl (C=O) groups excluding carboxylic acids is 1. The first-order valence-electron chi connectivity index (χ1n) is 8.09. The van der Waals surface area contributed by atoms with Gasteiger partial charge < -0.3 is 5.32 Å². The second-order valence-electron chi connectivity index (χ2n) is 6.24. The number of nitrogens with one attached hydrogen (secondary N) is 1. The highest BCUT2D eigenvalue weighted by Crippen LogP contribution is 2.24. The molecular formula is C18H23N3O. The van der Waals surface area contributed by atoms with Crippen LogP contribution in [0.15, 0.2) is 42.7 Å². The van der Waals surface area contributed by atoms with Gasteiger partial charge in [0.1, 0.15) is 0 Å². The van der Waals surface area contributed by atoms with E-state index in [0.29, 0.717) is 12.0 Å². The molecule has 1 aromatic carbocycles. The lowest BCUT2D eigenvalue weighted by atomic mass is 9.86. The number of hydrogen-bond donors (Lipinski definition) is 1. The minimum atomic E-state index is 0.0457. The molecule has 1 aromatic heterocycles. The molecule has 0 aliphatic heterocycles. The average molecular weight is 297 g/mol. The van der Waals surface area contributed by atoms with Gasteiger partial charge in [-0.3, -0.25) is 9.48 Å². The predicted octanol–water partition coefficient (Wildman–Crippen LogP) is 3.24. The molecule has 1 aliphatic rings. The van der Waals surface area contributed by atoms with Crippen LogP contribution in [0.5, 0.6) is 0 Å². The molecule has 2 unspecified atom stereocenters. The fourth-order valence-electron chi connectivity index (χ4n) is 3.12. The molecule has 22 heavy (non-hydrogen) atoms. The minimum absolute atomic E-state index is 0.0457. The number of nitrogens with zero attached hydrogens (tertiary/aromatic N) is 2. The second kappa shape index (κ2) is 6.77. The average Bonchev–Trinajstić information content (AvgIpc) is 3.03. The molecule has 1 N–H and O–H groups in total. The second-order valence-corrected chi connectivity index (χ2v) is 6.24. The van der Waals surface area contributed by atoms with Gasteiger partial charge in [0.2, 0.25) is 0 Å². The van der Waals surface area contributed by atoms with Crippen LogP contribution in [0.1, 0.15) is 48.5 Å². The summed E-state index contributed by atoms with van der Waals surface area (Å²) >= 11 is 0. The van der Waals surface area contributed by atoms with Crippen LogP contribution >= 0.6 is 0 Å². The van der Waals surface area contributed by atoms with Gasteiger partial charge in [0.15, 0.2) is 0 Å². The highest BCUT2D eigenvalue weighted by Gasteiger charge is 2.23. The number of aromatic nitrogens is 2. The van der Waals surface area contributed by atoms with Crippen molar-refractivity contribution in [2.75, 3.05) is 0 Å². The molecule has 1 amide bonds. The predicted molar refractivity (Wildman–Crippen MR) is 86.7 cm³/mol. The number of carbonyl (C=O) groups is 1. The summed E-state index contributed by atoms with van der Waals surface area (Å²) in [5.41, 5.74) is 1.88. The van der Waals surface area contributed by atoms with Crippen LogP contribution in [0.2, 0.25) is 0 Å². The van der Waals surface area contributed by atoms with Crippen molar-refractivity contribution >= 4 is 5.91 Å². The molecule has 1 fully saturated rings. The summed E-state index contributed by atoms with van der Waals surface area (Å²) < 4.78 is 1.87. The van der Waals surface area contributed by atoms with Crippen molar-refractivity contribution in [1.82, 2.24) is 15.1 Å². The Kier molecular flexibility index (Phi) is 4.56. The largest absolute Gasteiger partial charge is 0.349 e. The Labute approximate surface area is 131 Å². The molecule has 0 radical (unpaired) electrons. The van der Waals surface area contributed by atoms with Gasteiger partial charge in [0.25, 0.3) is 5.91 Å². The first-order valence-corrected chi connectivity index (χ1v) is 8.09. The van der Waals surface area contributed by atoms with Crippen molar-refractivity contribution < 1.29 is 4.79 Å². The molecule has 4 heteroatoms. The van der Waals surface area contributed by atoms with E-state index < -0.39 is 0 Å². The SMILES string of the molecule is CC1CCCCC1NC(=O)c1ccc(Cn2cccn2)cc1. The van der Waals surface area contributed by atoms with Crippen LogP contribution in [0, 0.1) is 5.92 Å². The molecule has 116 valence electrons. The van der Waals surface area contributed by atoms with Crippen molar-refractivity contribution in [2.45, 2.75) is 45.2 Å². The molecule has 3 rings (SSSR count). The van der Waals surface area contributed by atoms with E-state index in [-0.39, 0.29) is 5.91 Å². The van der Waals surface area contributed by atoms with Crippen LogP contribution in [-0.2, 0) is 6.54 Å². The van der Waals surface area contributed by atoms with Gasteiger partial charge in [-0.05, 0) is 42.5 Å². The summed E-state index contributed by atoms with van der Waals surface area (Å²) in [4.78, 5) is 12.4. The third-order valence-corrected chi connectivity index (χ3v) is 4.55. The van der Waals surface area contributed by atoms with E-state index in [4.69, 9.17) is 0 Å². The Morgan fingerprint density at radius 2 is 2.05 bits per heavy atom. The van der Waals surface area contributed by atoms with E-state index >= 15 is 0 Å². The van der Waals surface area contributed by atoms with E-state index in [1.807, 2.05) is 41.2 Å². The van der Waals surface area contributed by atoms with Crippen molar-refractivity contribution in [2.24, 2.45) is 5.92 Å². The molecule has 2 aromatic rings. The van der Waals surface area contributed by atoms with E-state index in [1.54, 1.807) is 6.20 Å². The normalized spacial score (nSPS) is 21.5. The van der Waals surface area contributed by atoms with E-state index in [1.165, 1.54) is 19.3 Å². The van der Waals surface area contributed by atoms with E-state index in [9.17, 15) is 4.79 Å². The van der Waals surface area contributed by atoms with Crippen molar-refractivity contribution in [3.05, 3.63) is 53.9 Å². The zero-order valence-electron chi connectivity index (χ0n) is 13.0. The van der Waals surface area contributed by atoms with Gasteiger partial charge >= 0.3 is 0 Å². The van der Waals surface area contributed by atoms with Crippen molar-refractivity contribution in [1.29, 1.82) is 0 Å². The standard InChI is InChI=1S/C18H23N3O/c1-14-5-2-3-6-17(14)20-18(22)16-9-7-15(8-10-16)13-21-12-4-11-19-21/h4,7-12,14,17H,2-3,5-6,13H2,1H3,(H,20,22). The molecule has 0 spiro atoms. The molecule has 0 saturated heterocycles. The fraction of sp³-hybridized carbons (Fsp3) is 0.444. The van der Waals surface area contributed by atoms with Gasteiger partial charge in [-0.2, -0.15) is 5.10 Å². The Morgan fingerprint density at radius 3 is 2.73 bits per heavy atom. The van der Waals surface area contributed by atoms with Gasteiger partial charge in [0.05, 0.1) is 6.54 Å². The van der Waals surface area contributed by atoms with Crippen LogP contribution in [0.4, 0.5) is 0 Å². The fourth-order valence-corrected chi connectivity index (χ4v) is 3.12. The molecule has 1 aliphatic carbocycles. The van der Waals surface area contributed by atoms with Gasteiger partial charge in [0, 0.05) is 24.0 Å². The first-order chi connectivity index (χ1) is 10.7. The maximum atomic E-state index is 12.4. The summed E-state index contributed by atoms with van der Waals surface area (Å²) in [7, 11) is 0. The molecule has 2 atom stereocenters. The Hall–Kier alpha value is -2.10. The van der Waals surface area contributed by atoms with Crippen molar-refractivity contribution in [3.8, 4) is 0 Å².